The molecule has 0 radical (unpaired) electrons. The van der Waals surface area contributed by atoms with E-state index in [0.717, 1.165) is 47.5 Å². The number of carbonyl (C=O) groups is 1. The van der Waals surface area contributed by atoms with Crippen LogP contribution in [0, 0.1) is 6.92 Å². The SMILES string of the molecule is Cc1ccc(S(=O)(=O)NC(Cc2ccccc2)C(=O)Nc2cccc(C3OC(CN4CCCCCCC4)CC(c4ccc(CO)cc4)O3)c2)cc1. The van der Waals surface area contributed by atoms with Gasteiger partial charge < -0.3 is 24.8 Å². The number of anilines is 1. The van der Waals surface area contributed by atoms with Crippen LogP contribution in [0.15, 0.2) is 108 Å². The molecule has 4 aromatic rings. The largest absolute Gasteiger partial charge is 0.392 e. The van der Waals surface area contributed by atoms with E-state index in [1.165, 1.54) is 32.1 Å². The number of rotatable bonds is 12. The third-order valence-electron chi connectivity index (χ3n) is 9.68. The van der Waals surface area contributed by atoms with Gasteiger partial charge in [0.25, 0.3) is 0 Å². The molecule has 270 valence electrons. The summed E-state index contributed by atoms with van der Waals surface area (Å²) >= 11 is 0. The molecule has 0 aliphatic carbocycles. The van der Waals surface area contributed by atoms with Gasteiger partial charge in [-0.1, -0.05) is 104 Å². The van der Waals surface area contributed by atoms with Gasteiger partial charge in [0.05, 0.1) is 23.7 Å². The molecular formula is C41H49N3O6S. The first kappa shape index (κ1) is 36.9. The molecule has 51 heavy (non-hydrogen) atoms. The average molecular weight is 712 g/mol. The van der Waals surface area contributed by atoms with Gasteiger partial charge in [0.2, 0.25) is 15.9 Å². The molecule has 9 nitrogen and oxygen atoms in total. The molecule has 0 spiro atoms. The van der Waals surface area contributed by atoms with Crippen LogP contribution in [0.1, 0.15) is 78.7 Å². The van der Waals surface area contributed by atoms with Crippen molar-refractivity contribution in [2.45, 2.75) is 87.9 Å². The van der Waals surface area contributed by atoms with Crippen molar-refractivity contribution in [1.29, 1.82) is 0 Å². The molecule has 4 atom stereocenters. The molecule has 2 aliphatic rings. The maximum atomic E-state index is 13.9. The van der Waals surface area contributed by atoms with Crippen LogP contribution in [0.5, 0.6) is 0 Å². The number of aliphatic hydroxyl groups excluding tert-OH is 1. The highest BCUT2D eigenvalue weighted by molar-refractivity contribution is 7.89. The fourth-order valence-electron chi connectivity index (χ4n) is 6.82. The Hall–Kier alpha value is -3.90. The topological polar surface area (TPSA) is 117 Å². The van der Waals surface area contributed by atoms with E-state index in [4.69, 9.17) is 9.47 Å². The van der Waals surface area contributed by atoms with Crippen molar-refractivity contribution >= 4 is 21.6 Å². The smallest absolute Gasteiger partial charge is 0.242 e. The minimum atomic E-state index is -3.99. The Morgan fingerprint density at radius 3 is 2.24 bits per heavy atom. The van der Waals surface area contributed by atoms with Gasteiger partial charge in [0, 0.05) is 24.2 Å². The van der Waals surface area contributed by atoms with Crippen molar-refractivity contribution < 1.29 is 27.8 Å². The summed E-state index contributed by atoms with van der Waals surface area (Å²) in [4.78, 5) is 16.5. The summed E-state index contributed by atoms with van der Waals surface area (Å²) < 4.78 is 42.7. The van der Waals surface area contributed by atoms with E-state index in [0.29, 0.717) is 12.1 Å². The van der Waals surface area contributed by atoms with Crippen LogP contribution in [0.3, 0.4) is 0 Å². The van der Waals surface area contributed by atoms with Crippen LogP contribution in [0.25, 0.3) is 0 Å². The lowest BCUT2D eigenvalue weighted by Gasteiger charge is -2.39. The first-order valence-electron chi connectivity index (χ1n) is 18.0. The van der Waals surface area contributed by atoms with Crippen molar-refractivity contribution in [3.05, 3.63) is 131 Å². The number of hydrogen-bond acceptors (Lipinski definition) is 7. The highest BCUT2D eigenvalue weighted by atomic mass is 32.2. The molecule has 6 rings (SSSR count). The predicted octanol–water partition coefficient (Wildman–Crippen LogP) is 6.83. The number of hydrogen-bond donors (Lipinski definition) is 3. The quantitative estimate of drug-likeness (QED) is 0.148. The Labute approximate surface area is 302 Å². The summed E-state index contributed by atoms with van der Waals surface area (Å²) in [7, 11) is -3.99. The molecule has 4 unspecified atom stereocenters. The number of ether oxygens (including phenoxy) is 2. The van der Waals surface area contributed by atoms with Gasteiger partial charge >= 0.3 is 0 Å². The van der Waals surface area contributed by atoms with Crippen LogP contribution < -0.4 is 10.0 Å². The van der Waals surface area contributed by atoms with Gasteiger partial charge in [-0.3, -0.25) is 4.79 Å². The van der Waals surface area contributed by atoms with Crippen LogP contribution in [-0.2, 0) is 37.3 Å². The summed E-state index contributed by atoms with van der Waals surface area (Å²) in [6, 6.07) is 30.1. The van der Waals surface area contributed by atoms with Gasteiger partial charge in [-0.05, 0) is 80.2 Å². The first-order valence-corrected chi connectivity index (χ1v) is 19.5. The molecule has 2 fully saturated rings. The highest BCUT2D eigenvalue weighted by Crippen LogP contribution is 2.39. The highest BCUT2D eigenvalue weighted by Gasteiger charge is 2.34. The van der Waals surface area contributed by atoms with Gasteiger partial charge in [-0.25, -0.2) is 8.42 Å². The van der Waals surface area contributed by atoms with Crippen LogP contribution in [-0.4, -0.2) is 56.1 Å². The second kappa shape index (κ2) is 17.5. The number of likely N-dealkylation sites (tertiary alicyclic amines) is 1. The number of sulfonamides is 1. The van der Waals surface area contributed by atoms with Crippen molar-refractivity contribution in [1.82, 2.24) is 9.62 Å². The fraction of sp³-hybridized carbons (Fsp3) is 0.390. The van der Waals surface area contributed by atoms with Gasteiger partial charge in [0.15, 0.2) is 6.29 Å². The van der Waals surface area contributed by atoms with Crippen molar-refractivity contribution in [2.24, 2.45) is 0 Å². The second-order valence-corrected chi connectivity index (χ2v) is 15.4. The van der Waals surface area contributed by atoms with Crippen molar-refractivity contribution in [2.75, 3.05) is 25.0 Å². The molecule has 4 aromatic carbocycles. The van der Waals surface area contributed by atoms with Crippen LogP contribution in [0.2, 0.25) is 0 Å². The molecule has 10 heteroatoms. The van der Waals surface area contributed by atoms with Crippen molar-refractivity contribution in [3.8, 4) is 0 Å². The zero-order valence-corrected chi connectivity index (χ0v) is 30.1. The van der Waals surface area contributed by atoms with Gasteiger partial charge in [0.1, 0.15) is 6.04 Å². The standard InChI is InChI=1S/C41H49N3O6S/c1-30-15-21-37(22-16-30)51(47,48)43-38(25-31-11-6-5-7-12-31)40(46)42-35-14-10-13-34(26-35)41-49-36(28-44-23-8-3-2-4-9-24-44)27-39(50-41)33-19-17-32(29-45)18-20-33/h5-7,10-22,26,36,38-39,41,43,45H,2-4,8-9,23-25,27-29H2,1H3,(H,42,46). The molecule has 3 N–H and O–H groups in total. The minimum Gasteiger partial charge on any atom is -0.392 e. The van der Waals surface area contributed by atoms with Gasteiger partial charge in [-0.15, -0.1) is 0 Å². The number of benzene rings is 4. The summed E-state index contributed by atoms with van der Waals surface area (Å²) in [5.41, 5.74) is 4.88. The summed E-state index contributed by atoms with van der Waals surface area (Å²) in [6.45, 7) is 4.79. The Balaban J connectivity index is 1.21. The number of aryl methyl sites for hydroxylation is 1. The average Bonchev–Trinajstić information content (AvgIpc) is 3.13. The molecule has 0 saturated carbocycles. The van der Waals surface area contributed by atoms with Crippen LogP contribution in [0.4, 0.5) is 5.69 Å². The van der Waals surface area contributed by atoms with E-state index in [1.807, 2.05) is 79.7 Å². The molecule has 2 saturated heterocycles. The summed E-state index contributed by atoms with van der Waals surface area (Å²) in [5, 5.41) is 12.6. The third kappa shape index (κ3) is 10.3. The maximum absolute atomic E-state index is 13.9. The van der Waals surface area contributed by atoms with E-state index in [-0.39, 0.29) is 30.1 Å². The third-order valence-corrected chi connectivity index (χ3v) is 11.2. The Morgan fingerprint density at radius 2 is 1.53 bits per heavy atom. The predicted molar refractivity (Wildman–Crippen MR) is 198 cm³/mol. The van der Waals surface area contributed by atoms with Crippen molar-refractivity contribution in [3.63, 3.8) is 0 Å². The molecule has 2 aliphatic heterocycles. The number of carbonyl (C=O) groups excluding carboxylic acids is 1. The van der Waals surface area contributed by atoms with Gasteiger partial charge in [-0.2, -0.15) is 4.72 Å². The number of nitrogens with zero attached hydrogens (tertiary/aromatic N) is 1. The number of nitrogens with one attached hydrogen (secondary N) is 2. The van der Waals surface area contributed by atoms with E-state index in [9.17, 15) is 18.3 Å². The summed E-state index contributed by atoms with van der Waals surface area (Å²) in [6.07, 6.45) is 6.07. The second-order valence-electron chi connectivity index (χ2n) is 13.7. The first-order chi connectivity index (χ1) is 24.8. The fourth-order valence-corrected chi connectivity index (χ4v) is 8.01. The normalized spacial score (nSPS) is 20.9. The lowest BCUT2D eigenvalue weighted by molar-refractivity contribution is -0.253. The molecular weight excluding hydrogens is 663 g/mol. The maximum Gasteiger partial charge on any atom is 0.242 e. The van der Waals surface area contributed by atoms with E-state index < -0.39 is 28.3 Å². The number of amides is 1. The monoisotopic (exact) mass is 711 g/mol. The number of aliphatic hydroxyl groups is 1. The molecule has 1 amide bonds. The molecule has 0 bridgehead atoms. The lowest BCUT2D eigenvalue weighted by atomic mass is 9.99. The minimum absolute atomic E-state index is 0.0206. The van der Waals surface area contributed by atoms with E-state index in [2.05, 4.69) is 14.9 Å². The molecule has 0 aromatic heterocycles. The lowest BCUT2D eigenvalue weighted by Crippen LogP contribution is -2.45. The van der Waals surface area contributed by atoms with Crippen LogP contribution >= 0.6 is 0 Å². The zero-order chi connectivity index (χ0) is 35.6. The Morgan fingerprint density at radius 1 is 0.824 bits per heavy atom. The Kier molecular flexibility index (Phi) is 12.7. The summed E-state index contributed by atoms with van der Waals surface area (Å²) in [5.74, 6) is -0.478. The zero-order valence-electron chi connectivity index (χ0n) is 29.2. The van der Waals surface area contributed by atoms with E-state index >= 15 is 0 Å². The molecule has 2 heterocycles. The van der Waals surface area contributed by atoms with E-state index in [1.54, 1.807) is 30.3 Å². The Bertz CT molecular complexity index is 1810.